The normalized spacial score (nSPS) is 49.6. The van der Waals surface area contributed by atoms with Crippen LogP contribution in [0.4, 0.5) is 0 Å². The molecule has 4 rings (SSSR count). The molecule has 0 amide bonds. The Morgan fingerprint density at radius 2 is 1.53 bits per heavy atom. The molecule has 4 aliphatic carbocycles. The van der Waals surface area contributed by atoms with Crippen LogP contribution in [0.3, 0.4) is 0 Å². The molecule has 1 nitrogen and oxygen atoms in total. The van der Waals surface area contributed by atoms with Crippen molar-refractivity contribution in [3.63, 3.8) is 0 Å². The highest BCUT2D eigenvalue weighted by molar-refractivity contribution is 4.99. The molecule has 1 unspecified atom stereocenters. The fourth-order valence-corrected chi connectivity index (χ4v) is 5.35. The Morgan fingerprint density at radius 3 is 2.00 bits per heavy atom. The van der Waals surface area contributed by atoms with Crippen molar-refractivity contribution in [2.24, 2.45) is 35.5 Å². The zero-order valence-corrected chi connectivity index (χ0v) is 10.2. The maximum Gasteiger partial charge on any atom is -0.00233 e. The molecule has 4 saturated carbocycles. The number of rotatable bonds is 3. The van der Waals surface area contributed by atoms with E-state index >= 15 is 0 Å². The molecule has 86 valence electrons. The van der Waals surface area contributed by atoms with Gasteiger partial charge in [-0.2, -0.15) is 0 Å². The summed E-state index contributed by atoms with van der Waals surface area (Å²) >= 11 is 0. The third-order valence-electron chi connectivity index (χ3n) is 5.48. The van der Waals surface area contributed by atoms with Gasteiger partial charge in [-0.05, 0) is 81.2 Å². The van der Waals surface area contributed by atoms with Crippen molar-refractivity contribution < 1.29 is 0 Å². The van der Waals surface area contributed by atoms with E-state index in [-0.39, 0.29) is 0 Å². The Bertz CT molecular complexity index is 207. The summed E-state index contributed by atoms with van der Waals surface area (Å²) in [4.78, 5) is 0. The largest absolute Gasteiger partial charge is 0.319 e. The van der Waals surface area contributed by atoms with Crippen molar-refractivity contribution >= 4 is 0 Å². The molecular formula is C14H25N. The molecule has 4 bridgehead atoms. The summed E-state index contributed by atoms with van der Waals surface area (Å²) in [6.07, 6.45) is 7.88. The number of nitrogens with one attached hydrogen (secondary N) is 1. The predicted octanol–water partition coefficient (Wildman–Crippen LogP) is 2.91. The van der Waals surface area contributed by atoms with Crippen LogP contribution in [0.1, 0.15) is 39.0 Å². The molecule has 0 spiro atoms. The van der Waals surface area contributed by atoms with Crippen molar-refractivity contribution in [2.75, 3.05) is 13.6 Å². The van der Waals surface area contributed by atoms with Crippen molar-refractivity contribution in [1.82, 2.24) is 5.32 Å². The van der Waals surface area contributed by atoms with Crippen LogP contribution in [0.2, 0.25) is 0 Å². The van der Waals surface area contributed by atoms with Crippen LogP contribution in [0, 0.1) is 35.5 Å². The van der Waals surface area contributed by atoms with E-state index in [2.05, 4.69) is 19.3 Å². The van der Waals surface area contributed by atoms with Crippen LogP contribution in [0.25, 0.3) is 0 Å². The molecular weight excluding hydrogens is 182 g/mol. The van der Waals surface area contributed by atoms with Gasteiger partial charge in [-0.1, -0.05) is 6.92 Å². The van der Waals surface area contributed by atoms with Gasteiger partial charge in [0.15, 0.2) is 0 Å². The third kappa shape index (κ3) is 1.63. The van der Waals surface area contributed by atoms with Gasteiger partial charge >= 0.3 is 0 Å². The minimum atomic E-state index is 0.907. The lowest BCUT2D eigenvalue weighted by atomic mass is 9.50. The fraction of sp³-hybridized carbons (Fsp3) is 1.00. The lowest BCUT2D eigenvalue weighted by Gasteiger charge is -2.56. The van der Waals surface area contributed by atoms with E-state index in [1.807, 2.05) is 0 Å². The van der Waals surface area contributed by atoms with E-state index in [1.165, 1.54) is 6.54 Å². The van der Waals surface area contributed by atoms with Crippen LogP contribution in [-0.4, -0.2) is 13.6 Å². The van der Waals surface area contributed by atoms with Crippen LogP contribution in [-0.2, 0) is 0 Å². The van der Waals surface area contributed by atoms with Gasteiger partial charge in [0, 0.05) is 0 Å². The summed E-state index contributed by atoms with van der Waals surface area (Å²) in [5.41, 5.74) is 0. The van der Waals surface area contributed by atoms with E-state index in [4.69, 9.17) is 0 Å². The minimum absolute atomic E-state index is 0.907. The first-order valence-corrected chi connectivity index (χ1v) is 6.92. The van der Waals surface area contributed by atoms with Gasteiger partial charge in [0.2, 0.25) is 0 Å². The van der Waals surface area contributed by atoms with Crippen LogP contribution < -0.4 is 5.32 Å². The highest BCUT2D eigenvalue weighted by Crippen LogP contribution is 2.58. The predicted molar refractivity (Wildman–Crippen MR) is 63.6 cm³/mol. The van der Waals surface area contributed by atoms with Crippen molar-refractivity contribution in [2.45, 2.75) is 39.0 Å². The highest BCUT2D eigenvalue weighted by atomic mass is 14.8. The molecule has 0 saturated heterocycles. The second-order valence-electron chi connectivity index (χ2n) is 6.54. The molecule has 1 atom stereocenters. The smallest absolute Gasteiger partial charge is 0.00233 e. The quantitative estimate of drug-likeness (QED) is 0.750. The molecule has 0 aromatic rings. The molecule has 0 radical (unpaired) electrons. The molecule has 4 fully saturated rings. The van der Waals surface area contributed by atoms with Gasteiger partial charge in [0.05, 0.1) is 0 Å². The molecule has 0 aliphatic heterocycles. The summed E-state index contributed by atoms with van der Waals surface area (Å²) in [6.45, 7) is 3.70. The highest BCUT2D eigenvalue weighted by Gasteiger charge is 2.49. The average Bonchev–Trinajstić information content (AvgIpc) is 2.15. The first-order chi connectivity index (χ1) is 7.28. The van der Waals surface area contributed by atoms with Crippen LogP contribution in [0.5, 0.6) is 0 Å². The SMILES string of the molecule is CNCC(C)C1C2CC3CC(C2)CC1C3. The van der Waals surface area contributed by atoms with Gasteiger partial charge in [-0.3, -0.25) is 0 Å². The van der Waals surface area contributed by atoms with E-state index in [0.29, 0.717) is 0 Å². The Balaban J connectivity index is 1.74. The summed E-state index contributed by atoms with van der Waals surface area (Å²) < 4.78 is 0. The van der Waals surface area contributed by atoms with Gasteiger partial charge in [-0.15, -0.1) is 0 Å². The first kappa shape index (κ1) is 10.1. The summed E-state index contributed by atoms with van der Waals surface area (Å²) in [6, 6.07) is 0. The molecule has 1 heteroatoms. The maximum absolute atomic E-state index is 3.38. The van der Waals surface area contributed by atoms with Crippen LogP contribution in [0.15, 0.2) is 0 Å². The molecule has 1 N–H and O–H groups in total. The van der Waals surface area contributed by atoms with E-state index in [0.717, 1.165) is 35.5 Å². The summed E-state index contributed by atoms with van der Waals surface area (Å²) in [7, 11) is 2.10. The van der Waals surface area contributed by atoms with Crippen molar-refractivity contribution in [3.8, 4) is 0 Å². The molecule has 15 heavy (non-hydrogen) atoms. The van der Waals surface area contributed by atoms with E-state index in [9.17, 15) is 0 Å². The van der Waals surface area contributed by atoms with E-state index in [1.54, 1.807) is 32.1 Å². The first-order valence-electron chi connectivity index (χ1n) is 6.92. The lowest BCUT2D eigenvalue weighted by Crippen LogP contribution is -2.48. The standard InChI is InChI=1S/C14H25N/c1-9(8-15-2)14-12-4-10-3-11(6-12)7-13(14)5-10/h9-15H,3-8H2,1-2H3. The molecule has 0 heterocycles. The van der Waals surface area contributed by atoms with Gasteiger partial charge in [0.1, 0.15) is 0 Å². The zero-order valence-electron chi connectivity index (χ0n) is 10.2. The van der Waals surface area contributed by atoms with Gasteiger partial charge < -0.3 is 5.32 Å². The monoisotopic (exact) mass is 207 g/mol. The van der Waals surface area contributed by atoms with Crippen LogP contribution >= 0.6 is 0 Å². The Hall–Kier alpha value is -0.0400. The van der Waals surface area contributed by atoms with Gasteiger partial charge in [0.25, 0.3) is 0 Å². The van der Waals surface area contributed by atoms with Crippen molar-refractivity contribution in [1.29, 1.82) is 0 Å². The zero-order chi connectivity index (χ0) is 10.4. The molecule has 4 aliphatic rings. The topological polar surface area (TPSA) is 12.0 Å². The Kier molecular flexibility index (Phi) is 2.54. The Morgan fingerprint density at radius 1 is 1.00 bits per heavy atom. The second-order valence-corrected chi connectivity index (χ2v) is 6.54. The second kappa shape index (κ2) is 3.76. The summed E-state index contributed by atoms with van der Waals surface area (Å²) in [5.74, 6) is 6.43. The minimum Gasteiger partial charge on any atom is -0.319 e. The Labute approximate surface area is 94.0 Å². The number of hydrogen-bond donors (Lipinski definition) is 1. The maximum atomic E-state index is 3.38. The lowest BCUT2D eigenvalue weighted by molar-refractivity contribution is -0.0577. The average molecular weight is 207 g/mol. The third-order valence-corrected chi connectivity index (χ3v) is 5.48. The number of hydrogen-bond acceptors (Lipinski definition) is 1. The van der Waals surface area contributed by atoms with Gasteiger partial charge in [-0.25, -0.2) is 0 Å². The molecule has 0 aromatic heterocycles. The fourth-order valence-electron chi connectivity index (χ4n) is 5.35. The summed E-state index contributed by atoms with van der Waals surface area (Å²) in [5, 5.41) is 3.38. The van der Waals surface area contributed by atoms with Crippen molar-refractivity contribution in [3.05, 3.63) is 0 Å². The van der Waals surface area contributed by atoms with E-state index < -0.39 is 0 Å². The molecule has 0 aromatic carbocycles.